The lowest BCUT2D eigenvalue weighted by atomic mass is 10.0. The van der Waals surface area contributed by atoms with Crippen LogP contribution in [0.5, 0.6) is 0 Å². The molecule has 1 aliphatic rings. The van der Waals surface area contributed by atoms with E-state index < -0.39 is 11.8 Å². The zero-order chi connectivity index (χ0) is 15.4. The van der Waals surface area contributed by atoms with Crippen molar-refractivity contribution in [2.45, 2.75) is 13.3 Å². The van der Waals surface area contributed by atoms with Gasteiger partial charge in [-0.05, 0) is 19.1 Å². The Morgan fingerprint density at radius 2 is 2.14 bits per heavy atom. The second kappa shape index (κ2) is 6.69. The number of benzene rings is 1. The van der Waals surface area contributed by atoms with Crippen LogP contribution in [0.25, 0.3) is 0 Å². The van der Waals surface area contributed by atoms with E-state index in [2.05, 4.69) is 21.1 Å². The first-order chi connectivity index (χ1) is 9.99. The summed E-state index contributed by atoms with van der Waals surface area (Å²) in [5.74, 6) is -1.24. The number of halogens is 2. The van der Waals surface area contributed by atoms with Crippen molar-refractivity contribution >= 4 is 46.9 Å². The van der Waals surface area contributed by atoms with Gasteiger partial charge in [0.25, 0.3) is 0 Å². The Morgan fingerprint density at radius 1 is 1.48 bits per heavy atom. The lowest BCUT2D eigenvalue weighted by molar-refractivity contribution is -0.127. The summed E-state index contributed by atoms with van der Waals surface area (Å²) in [5, 5.41) is 8.42. The van der Waals surface area contributed by atoms with E-state index in [0.29, 0.717) is 21.3 Å². The van der Waals surface area contributed by atoms with Gasteiger partial charge in [0, 0.05) is 17.7 Å². The fourth-order valence-electron chi connectivity index (χ4n) is 1.76. The van der Waals surface area contributed by atoms with E-state index in [1.807, 2.05) is 0 Å². The average molecular weight is 327 g/mol. The molecule has 1 aromatic carbocycles. The summed E-state index contributed by atoms with van der Waals surface area (Å²) in [6.45, 7) is 1.68. The SMILES string of the molecule is CC1=NNC(=O)C1CC(=O)NN=Cc1c(Cl)cccc1Cl. The molecule has 110 valence electrons. The van der Waals surface area contributed by atoms with Gasteiger partial charge < -0.3 is 0 Å². The lowest BCUT2D eigenvalue weighted by Crippen LogP contribution is -2.29. The second-order valence-corrected chi connectivity index (χ2v) is 5.23. The quantitative estimate of drug-likeness (QED) is 0.654. The minimum Gasteiger partial charge on any atom is -0.273 e. The molecule has 1 aromatic rings. The van der Waals surface area contributed by atoms with E-state index in [4.69, 9.17) is 23.2 Å². The summed E-state index contributed by atoms with van der Waals surface area (Å²) >= 11 is 11.9. The highest BCUT2D eigenvalue weighted by Crippen LogP contribution is 2.22. The molecule has 0 fully saturated rings. The van der Waals surface area contributed by atoms with Gasteiger partial charge in [-0.3, -0.25) is 9.59 Å². The van der Waals surface area contributed by atoms with Crippen molar-refractivity contribution in [3.8, 4) is 0 Å². The number of carbonyl (C=O) groups is 2. The molecule has 21 heavy (non-hydrogen) atoms. The van der Waals surface area contributed by atoms with E-state index in [9.17, 15) is 9.59 Å². The monoisotopic (exact) mass is 326 g/mol. The molecule has 0 bridgehead atoms. The highest BCUT2D eigenvalue weighted by Gasteiger charge is 2.28. The summed E-state index contributed by atoms with van der Waals surface area (Å²) in [4.78, 5) is 23.2. The van der Waals surface area contributed by atoms with Crippen molar-refractivity contribution < 1.29 is 9.59 Å². The molecule has 0 radical (unpaired) electrons. The highest BCUT2D eigenvalue weighted by molar-refractivity contribution is 6.38. The van der Waals surface area contributed by atoms with Crippen LogP contribution < -0.4 is 10.9 Å². The van der Waals surface area contributed by atoms with Crippen LogP contribution in [0.2, 0.25) is 10.0 Å². The van der Waals surface area contributed by atoms with Gasteiger partial charge in [0.1, 0.15) is 0 Å². The standard InChI is InChI=1S/C13H12Cl2N4O2/c1-7-8(13(21)19-17-7)5-12(20)18-16-6-9-10(14)3-2-4-11(9)15/h2-4,6,8H,5H2,1H3,(H,18,20)(H,19,21). The van der Waals surface area contributed by atoms with Crippen LogP contribution in [0, 0.1) is 5.92 Å². The van der Waals surface area contributed by atoms with Crippen molar-refractivity contribution in [3.63, 3.8) is 0 Å². The fourth-order valence-corrected chi connectivity index (χ4v) is 2.26. The zero-order valence-corrected chi connectivity index (χ0v) is 12.6. The Hall–Kier alpha value is -1.92. The molecular weight excluding hydrogens is 315 g/mol. The van der Waals surface area contributed by atoms with Gasteiger partial charge in [0.15, 0.2) is 0 Å². The number of hydrogen-bond donors (Lipinski definition) is 2. The average Bonchev–Trinajstić information content (AvgIpc) is 2.74. The molecular formula is C13H12Cl2N4O2. The van der Waals surface area contributed by atoms with Crippen LogP contribution in [0.4, 0.5) is 0 Å². The largest absolute Gasteiger partial charge is 0.273 e. The Bertz CT molecular complexity index is 623. The van der Waals surface area contributed by atoms with Crippen LogP contribution in [0.15, 0.2) is 28.4 Å². The van der Waals surface area contributed by atoms with E-state index in [1.165, 1.54) is 6.21 Å². The number of carbonyl (C=O) groups excluding carboxylic acids is 2. The predicted octanol–water partition coefficient (Wildman–Crippen LogP) is 1.96. The topological polar surface area (TPSA) is 82.9 Å². The van der Waals surface area contributed by atoms with Crippen LogP contribution in [-0.2, 0) is 9.59 Å². The maximum atomic E-state index is 11.7. The Kier molecular flexibility index (Phi) is 4.93. The van der Waals surface area contributed by atoms with Crippen molar-refractivity contribution in [2.24, 2.45) is 16.1 Å². The summed E-state index contributed by atoms with van der Waals surface area (Å²) < 4.78 is 0. The molecule has 0 saturated heterocycles. The first-order valence-corrected chi connectivity index (χ1v) is 6.84. The summed E-state index contributed by atoms with van der Waals surface area (Å²) in [7, 11) is 0. The van der Waals surface area contributed by atoms with E-state index >= 15 is 0 Å². The first kappa shape index (κ1) is 15.5. The van der Waals surface area contributed by atoms with E-state index in [-0.39, 0.29) is 12.3 Å². The number of nitrogens with zero attached hydrogens (tertiary/aromatic N) is 2. The second-order valence-electron chi connectivity index (χ2n) is 4.41. The van der Waals surface area contributed by atoms with Crippen LogP contribution >= 0.6 is 23.2 Å². The van der Waals surface area contributed by atoms with Gasteiger partial charge in [0.2, 0.25) is 11.8 Å². The number of amides is 2. The third-order valence-corrected chi connectivity index (χ3v) is 3.59. The van der Waals surface area contributed by atoms with Crippen molar-refractivity contribution in [3.05, 3.63) is 33.8 Å². The van der Waals surface area contributed by atoms with Gasteiger partial charge in [-0.15, -0.1) is 0 Å². The molecule has 0 aromatic heterocycles. The molecule has 6 nitrogen and oxygen atoms in total. The smallest absolute Gasteiger partial charge is 0.249 e. The lowest BCUT2D eigenvalue weighted by Gasteiger charge is -2.06. The summed E-state index contributed by atoms with van der Waals surface area (Å²) in [6.07, 6.45) is 1.34. The number of hydrogen-bond acceptors (Lipinski definition) is 4. The molecule has 2 rings (SSSR count). The molecule has 0 spiro atoms. The summed E-state index contributed by atoms with van der Waals surface area (Å²) in [5.41, 5.74) is 5.74. The predicted molar refractivity (Wildman–Crippen MR) is 81.6 cm³/mol. The molecule has 8 heteroatoms. The van der Waals surface area contributed by atoms with Crippen LogP contribution in [0.1, 0.15) is 18.9 Å². The number of hydrazone groups is 2. The zero-order valence-electron chi connectivity index (χ0n) is 11.1. The van der Waals surface area contributed by atoms with Gasteiger partial charge >= 0.3 is 0 Å². The molecule has 1 heterocycles. The molecule has 1 aliphatic heterocycles. The Labute approximate surface area is 131 Å². The third kappa shape index (κ3) is 3.80. The molecule has 2 amide bonds. The number of nitrogens with one attached hydrogen (secondary N) is 2. The maximum absolute atomic E-state index is 11.7. The normalized spacial score (nSPS) is 17.8. The minimum absolute atomic E-state index is 0.0191. The molecule has 1 atom stereocenters. The summed E-state index contributed by atoms with van der Waals surface area (Å²) in [6, 6.07) is 5.04. The van der Waals surface area contributed by atoms with E-state index in [0.717, 1.165) is 0 Å². The minimum atomic E-state index is -0.552. The van der Waals surface area contributed by atoms with Crippen molar-refractivity contribution in [2.75, 3.05) is 0 Å². The van der Waals surface area contributed by atoms with Crippen LogP contribution in [-0.4, -0.2) is 23.7 Å². The van der Waals surface area contributed by atoms with E-state index in [1.54, 1.807) is 25.1 Å². The van der Waals surface area contributed by atoms with Gasteiger partial charge in [-0.2, -0.15) is 10.2 Å². The van der Waals surface area contributed by atoms with Gasteiger partial charge in [-0.1, -0.05) is 29.3 Å². The maximum Gasteiger partial charge on any atom is 0.249 e. The molecule has 0 saturated carbocycles. The highest BCUT2D eigenvalue weighted by atomic mass is 35.5. The Morgan fingerprint density at radius 3 is 2.71 bits per heavy atom. The molecule has 2 N–H and O–H groups in total. The fraction of sp³-hybridized carbons (Fsp3) is 0.231. The number of rotatable bonds is 4. The molecule has 1 unspecified atom stereocenters. The first-order valence-electron chi connectivity index (χ1n) is 6.09. The van der Waals surface area contributed by atoms with Gasteiger partial charge in [0.05, 0.1) is 22.2 Å². The van der Waals surface area contributed by atoms with Crippen molar-refractivity contribution in [1.29, 1.82) is 0 Å². The van der Waals surface area contributed by atoms with Crippen molar-refractivity contribution in [1.82, 2.24) is 10.9 Å². The van der Waals surface area contributed by atoms with Crippen LogP contribution in [0.3, 0.4) is 0 Å². The third-order valence-electron chi connectivity index (χ3n) is 2.94. The molecule has 0 aliphatic carbocycles. The Balaban J connectivity index is 1.94. The van der Waals surface area contributed by atoms with Gasteiger partial charge in [-0.25, -0.2) is 10.9 Å².